The molecule has 1 saturated carbocycles. The van der Waals surface area contributed by atoms with Crippen LogP contribution in [-0.2, 0) is 24.6 Å². The van der Waals surface area contributed by atoms with Crippen molar-refractivity contribution >= 4 is 31.5 Å². The van der Waals surface area contributed by atoms with Gasteiger partial charge in [-0.3, -0.25) is 0 Å². The van der Waals surface area contributed by atoms with Crippen LogP contribution in [0.3, 0.4) is 0 Å². The molecule has 5 rings (SSSR count). The minimum atomic E-state index is -4.26. The Morgan fingerprint density at radius 2 is 1.73 bits per heavy atom. The Morgan fingerprint density at radius 3 is 2.42 bits per heavy atom. The summed E-state index contributed by atoms with van der Waals surface area (Å²) in [5.41, 5.74) is -0.310. The normalized spacial score (nSPS) is 30.1. The first-order chi connectivity index (χ1) is 15.1. The van der Waals surface area contributed by atoms with Crippen LogP contribution in [-0.4, -0.2) is 35.2 Å². The molecule has 6 nitrogen and oxygen atoms in total. The van der Waals surface area contributed by atoms with E-state index in [2.05, 4.69) is 4.72 Å². The van der Waals surface area contributed by atoms with Gasteiger partial charge in [-0.25, -0.2) is 30.3 Å². The van der Waals surface area contributed by atoms with Crippen molar-refractivity contribution in [1.82, 2.24) is 4.72 Å². The van der Waals surface area contributed by atoms with E-state index in [0.717, 1.165) is 12.1 Å². The Kier molecular flexibility index (Phi) is 6.04. The molecule has 2 aromatic rings. The zero-order chi connectivity index (χ0) is 22.9. The highest BCUT2D eigenvalue weighted by Crippen LogP contribution is 2.59. The van der Waals surface area contributed by atoms with Crippen LogP contribution < -0.4 is 9.46 Å². The largest absolute Gasteiger partial charge is 0.490 e. The van der Waals surface area contributed by atoms with Crippen LogP contribution >= 0.6 is 11.6 Å². The van der Waals surface area contributed by atoms with Gasteiger partial charge in [0, 0.05) is 17.0 Å². The predicted octanol–water partition coefficient (Wildman–Crippen LogP) is 4.03. The summed E-state index contributed by atoms with van der Waals surface area (Å²) in [4.78, 5) is -0.0572. The lowest BCUT2D eigenvalue weighted by Gasteiger charge is -2.54. The number of halogens is 3. The molecule has 2 aliphatic heterocycles. The summed E-state index contributed by atoms with van der Waals surface area (Å²) in [7, 11) is -7.72. The maximum Gasteiger partial charge on any atom is 0.211 e. The number of hydrogen-bond acceptors (Lipinski definition) is 5. The van der Waals surface area contributed by atoms with Crippen molar-refractivity contribution in [2.45, 2.75) is 42.4 Å². The van der Waals surface area contributed by atoms with Crippen LogP contribution in [0.25, 0.3) is 0 Å². The summed E-state index contributed by atoms with van der Waals surface area (Å²) in [6.45, 7) is -0.164. The van der Waals surface area contributed by atoms with Crippen molar-refractivity contribution in [2.75, 3.05) is 12.4 Å². The van der Waals surface area contributed by atoms with E-state index in [1.165, 1.54) is 24.3 Å². The molecule has 4 atom stereocenters. The zero-order valence-electron chi connectivity index (χ0n) is 16.7. The fraction of sp³-hybridized carbons (Fsp3) is 0.455. The Bertz CT molecular complexity index is 1300. The van der Waals surface area contributed by atoms with Gasteiger partial charge < -0.3 is 4.74 Å². The highest BCUT2D eigenvalue weighted by molar-refractivity contribution is 7.92. The van der Waals surface area contributed by atoms with Gasteiger partial charge in [0.25, 0.3) is 0 Å². The van der Waals surface area contributed by atoms with E-state index in [0.29, 0.717) is 5.02 Å². The van der Waals surface area contributed by atoms with E-state index in [9.17, 15) is 21.2 Å². The number of ether oxygens (including phenoxy) is 1. The average Bonchev–Trinajstić information content (AvgIpc) is 2.75. The number of hydrogen-bond donors (Lipinski definition) is 1. The molecule has 0 amide bonds. The van der Waals surface area contributed by atoms with Crippen LogP contribution in [0.5, 0.6) is 5.75 Å². The van der Waals surface area contributed by atoms with Crippen molar-refractivity contribution in [3.63, 3.8) is 0 Å². The van der Waals surface area contributed by atoms with Gasteiger partial charge in [-0.05, 0) is 61.6 Å². The van der Waals surface area contributed by atoms with E-state index < -0.39 is 59.9 Å². The van der Waals surface area contributed by atoms with Crippen molar-refractivity contribution < 1.29 is 30.4 Å². The minimum Gasteiger partial charge on any atom is -0.490 e. The van der Waals surface area contributed by atoms with Gasteiger partial charge in [-0.2, -0.15) is 0 Å². The van der Waals surface area contributed by atoms with E-state index in [1.54, 1.807) is 0 Å². The Balaban J connectivity index is 0.00000259. The Hall–Kier alpha value is -1.75. The topological polar surface area (TPSA) is 89.5 Å². The van der Waals surface area contributed by atoms with E-state index in [4.69, 9.17) is 16.3 Å². The average molecular weight is 520 g/mol. The molecule has 33 heavy (non-hydrogen) atoms. The lowest BCUT2D eigenvalue weighted by atomic mass is 9.64. The number of nitrogens with one attached hydrogen (secondary N) is 1. The summed E-state index contributed by atoms with van der Waals surface area (Å²) in [5, 5.41) is 0.341. The number of benzene rings is 2. The summed E-state index contributed by atoms with van der Waals surface area (Å²) < 4.78 is 88.9. The zero-order valence-corrected chi connectivity index (χ0v) is 19.1. The van der Waals surface area contributed by atoms with Gasteiger partial charge in [-0.15, -0.1) is 0 Å². The molecule has 1 N–H and O–H groups in total. The third kappa shape index (κ3) is 3.57. The van der Waals surface area contributed by atoms with Gasteiger partial charge >= 0.3 is 0 Å². The molecule has 180 valence electrons. The second kappa shape index (κ2) is 8.18. The van der Waals surface area contributed by atoms with Crippen LogP contribution in [0.15, 0.2) is 41.3 Å². The molecule has 11 heteroatoms. The molecule has 2 fully saturated rings. The standard InChI is InChI=1S/C21H20ClF2NO5S2.CH4/c22-12-1-3-13(4-2-12)32(28,29)21-9-7-18-14(8-10-31(26,27)25-18)15(21)11-30-20-17(24)6-5-16(23)19(20)21;/h1-6,14-15,18,25H,7-11H2;1H4/t14-,15-,18+,21-;/m0./s1. The second-order valence-corrected chi connectivity index (χ2v) is 13.0. The van der Waals surface area contributed by atoms with Crippen molar-refractivity contribution in [3.8, 4) is 5.75 Å². The molecule has 2 aromatic carbocycles. The lowest BCUT2D eigenvalue weighted by Crippen LogP contribution is -2.62. The van der Waals surface area contributed by atoms with Crippen LogP contribution in [0.2, 0.25) is 5.02 Å². The van der Waals surface area contributed by atoms with Gasteiger partial charge in [0.2, 0.25) is 10.0 Å². The fourth-order valence-corrected chi connectivity index (χ4v) is 9.61. The molecular formula is C22H24ClF2NO5S2. The van der Waals surface area contributed by atoms with Gasteiger partial charge in [0.05, 0.1) is 22.8 Å². The summed E-state index contributed by atoms with van der Waals surface area (Å²) in [5.74, 6) is -3.44. The number of sulfone groups is 1. The highest BCUT2D eigenvalue weighted by Gasteiger charge is 2.63. The molecular weight excluding hydrogens is 496 g/mol. The SMILES string of the molecule is C.O=S1(=O)CC[C@@H]2[C@@H](CC[C@@]3(S(=O)(=O)c4ccc(Cl)cc4)c4c(F)ccc(F)c4OC[C@@H]23)N1. The number of sulfonamides is 1. The third-order valence-corrected chi connectivity index (χ3v) is 11.3. The highest BCUT2D eigenvalue weighted by atomic mass is 35.5. The molecule has 1 saturated heterocycles. The van der Waals surface area contributed by atoms with Gasteiger partial charge in [0.15, 0.2) is 21.4 Å². The fourth-order valence-electron chi connectivity index (χ4n) is 5.63. The maximum atomic E-state index is 15.3. The third-order valence-electron chi connectivity index (χ3n) is 7.00. The summed E-state index contributed by atoms with van der Waals surface area (Å²) >= 11 is 5.94. The maximum absolute atomic E-state index is 15.3. The van der Waals surface area contributed by atoms with Crippen LogP contribution in [0.4, 0.5) is 8.78 Å². The summed E-state index contributed by atoms with van der Waals surface area (Å²) in [6, 6.07) is 6.91. The first-order valence-electron chi connectivity index (χ1n) is 10.2. The minimum absolute atomic E-state index is 0. The molecule has 3 aliphatic rings. The van der Waals surface area contributed by atoms with Gasteiger partial charge in [0.1, 0.15) is 10.6 Å². The molecule has 0 radical (unpaired) electrons. The predicted molar refractivity (Wildman–Crippen MR) is 120 cm³/mol. The molecule has 1 aliphatic carbocycles. The van der Waals surface area contributed by atoms with Crippen LogP contribution in [0, 0.1) is 23.5 Å². The van der Waals surface area contributed by atoms with E-state index in [-0.39, 0.29) is 49.5 Å². The Morgan fingerprint density at radius 1 is 1.06 bits per heavy atom. The van der Waals surface area contributed by atoms with Crippen molar-refractivity contribution in [1.29, 1.82) is 0 Å². The molecule has 0 spiro atoms. The quantitative estimate of drug-likeness (QED) is 0.647. The van der Waals surface area contributed by atoms with Crippen molar-refractivity contribution in [3.05, 3.63) is 58.6 Å². The van der Waals surface area contributed by atoms with E-state index in [1.807, 2.05) is 0 Å². The molecule has 0 bridgehead atoms. The second-order valence-electron chi connectivity index (χ2n) is 8.53. The Labute approximate surface area is 197 Å². The lowest BCUT2D eigenvalue weighted by molar-refractivity contribution is 0.0537. The molecule has 0 aromatic heterocycles. The molecule has 0 unspecified atom stereocenters. The van der Waals surface area contributed by atoms with Crippen molar-refractivity contribution in [2.24, 2.45) is 11.8 Å². The number of rotatable bonds is 2. The summed E-state index contributed by atoms with van der Waals surface area (Å²) in [6.07, 6.45) is 0.295. The van der Waals surface area contributed by atoms with Crippen LogP contribution in [0.1, 0.15) is 32.3 Å². The molecule has 2 heterocycles. The van der Waals surface area contributed by atoms with Gasteiger partial charge in [-0.1, -0.05) is 19.0 Å². The first kappa shape index (κ1) is 24.4. The smallest absolute Gasteiger partial charge is 0.211 e. The number of fused-ring (bicyclic) bond motifs is 5. The van der Waals surface area contributed by atoms with E-state index >= 15 is 4.39 Å². The monoisotopic (exact) mass is 519 g/mol. The first-order valence-corrected chi connectivity index (χ1v) is 13.7.